The summed E-state index contributed by atoms with van der Waals surface area (Å²) in [6.07, 6.45) is 1.77. The Bertz CT molecular complexity index is 628. The van der Waals surface area contributed by atoms with E-state index in [-0.39, 0.29) is 0 Å². The fourth-order valence-electron chi connectivity index (χ4n) is 1.94. The Morgan fingerprint density at radius 2 is 2.06 bits per heavy atom. The van der Waals surface area contributed by atoms with Gasteiger partial charge in [0.15, 0.2) is 0 Å². The van der Waals surface area contributed by atoms with Gasteiger partial charge < -0.3 is 9.72 Å². The highest BCUT2D eigenvalue weighted by atomic mass is 16.5. The molecule has 1 aromatic carbocycles. The Balaban J connectivity index is 2.18. The summed E-state index contributed by atoms with van der Waals surface area (Å²) >= 11 is 0. The number of hydrogen-bond acceptors (Lipinski definition) is 4. The number of carbonyl (C=O) groups excluding carboxylic acids is 1. The number of methoxy groups -OCH3 is 1. The molecule has 0 bridgehead atoms. The average Bonchev–Trinajstić information content (AvgIpc) is 2.75. The van der Waals surface area contributed by atoms with Crippen molar-refractivity contribution in [3.8, 4) is 0 Å². The van der Waals surface area contributed by atoms with E-state index in [0.717, 1.165) is 22.3 Å². The van der Waals surface area contributed by atoms with E-state index < -0.39 is 5.97 Å². The molecule has 17 heavy (non-hydrogen) atoms. The van der Waals surface area contributed by atoms with Crippen LogP contribution in [0.25, 0.3) is 17.0 Å². The molecule has 0 unspecified atom stereocenters. The predicted octanol–water partition coefficient (Wildman–Crippen LogP) is 1.61. The van der Waals surface area contributed by atoms with Gasteiger partial charge in [-0.05, 0) is 12.1 Å². The fraction of sp³-hybridized carbons (Fsp3) is 0.0833. The Morgan fingerprint density at radius 1 is 1.24 bits per heavy atom. The lowest BCUT2D eigenvalue weighted by atomic mass is 10.1. The summed E-state index contributed by atoms with van der Waals surface area (Å²) in [5.41, 5.74) is 8.11. The Morgan fingerprint density at radius 3 is 2.88 bits per heavy atom. The van der Waals surface area contributed by atoms with Crippen molar-refractivity contribution in [2.45, 2.75) is 0 Å². The van der Waals surface area contributed by atoms with Crippen LogP contribution in [0.5, 0.6) is 0 Å². The minimum atomic E-state index is -0.395. The number of aromatic amines is 1. The van der Waals surface area contributed by atoms with Gasteiger partial charge >= 0.3 is 5.97 Å². The smallest absolute Gasteiger partial charge is 0.355 e. The van der Waals surface area contributed by atoms with Gasteiger partial charge in [0.2, 0.25) is 0 Å². The van der Waals surface area contributed by atoms with Crippen molar-refractivity contribution in [1.29, 1.82) is 0 Å². The number of aromatic nitrogens is 1. The number of esters is 1. The average molecular weight is 229 g/mol. The normalized spacial score (nSPS) is 13.4. The third-order valence-corrected chi connectivity index (χ3v) is 2.76. The number of nitrogens with one attached hydrogen (secondary N) is 3. The van der Waals surface area contributed by atoms with E-state index in [4.69, 9.17) is 0 Å². The molecule has 5 nitrogen and oxygen atoms in total. The lowest BCUT2D eigenvalue weighted by molar-refractivity contribution is -0.136. The predicted molar refractivity (Wildman–Crippen MR) is 65.1 cm³/mol. The zero-order valence-corrected chi connectivity index (χ0v) is 9.20. The topological polar surface area (TPSA) is 66.2 Å². The summed E-state index contributed by atoms with van der Waals surface area (Å²) < 4.78 is 4.67. The van der Waals surface area contributed by atoms with E-state index in [9.17, 15) is 4.79 Å². The first kappa shape index (κ1) is 9.77. The van der Waals surface area contributed by atoms with Crippen molar-refractivity contribution < 1.29 is 9.53 Å². The van der Waals surface area contributed by atoms with Gasteiger partial charge in [-0.1, -0.05) is 18.2 Å². The van der Waals surface area contributed by atoms with E-state index in [1.807, 2.05) is 24.3 Å². The van der Waals surface area contributed by atoms with E-state index in [1.54, 1.807) is 6.08 Å². The van der Waals surface area contributed by atoms with Gasteiger partial charge in [0.05, 0.1) is 7.11 Å². The second-order valence-corrected chi connectivity index (χ2v) is 3.76. The third kappa shape index (κ3) is 1.44. The number of H-pyrrole nitrogens is 1. The molecule has 0 radical (unpaired) electrons. The summed E-state index contributed by atoms with van der Waals surface area (Å²) in [4.78, 5) is 14.7. The number of carbonyl (C=O) groups is 1. The number of para-hydroxylation sites is 1. The standard InChI is InChI=1S/C12H11N3O2/c1-17-12(16)10-6-8-7-4-2-3-5-9(7)13-11(8)15-14-10/h2-6,13-15H,1H3. The highest BCUT2D eigenvalue weighted by Crippen LogP contribution is 2.29. The lowest BCUT2D eigenvalue weighted by Gasteiger charge is -2.16. The van der Waals surface area contributed by atoms with E-state index in [1.165, 1.54) is 7.11 Å². The van der Waals surface area contributed by atoms with Crippen LogP contribution in [0, 0.1) is 0 Å². The van der Waals surface area contributed by atoms with E-state index in [2.05, 4.69) is 20.6 Å². The molecular weight excluding hydrogens is 218 g/mol. The first-order valence-electron chi connectivity index (χ1n) is 5.22. The van der Waals surface area contributed by atoms with Crippen molar-refractivity contribution in [2.75, 3.05) is 12.5 Å². The molecular formula is C12H11N3O2. The maximum absolute atomic E-state index is 11.4. The van der Waals surface area contributed by atoms with Crippen molar-refractivity contribution in [3.63, 3.8) is 0 Å². The van der Waals surface area contributed by atoms with E-state index in [0.29, 0.717) is 5.70 Å². The van der Waals surface area contributed by atoms with Gasteiger partial charge in [0, 0.05) is 16.5 Å². The summed E-state index contributed by atoms with van der Waals surface area (Å²) in [5.74, 6) is 0.451. The molecule has 0 atom stereocenters. The van der Waals surface area contributed by atoms with Crippen LogP contribution in [0.15, 0.2) is 30.0 Å². The number of rotatable bonds is 1. The molecule has 5 heteroatoms. The molecule has 0 saturated heterocycles. The maximum atomic E-state index is 11.4. The number of hydrazine groups is 1. The number of hydrogen-bond donors (Lipinski definition) is 3. The molecule has 1 aliphatic heterocycles. The number of fused-ring (bicyclic) bond motifs is 3. The number of anilines is 1. The van der Waals surface area contributed by atoms with Crippen LogP contribution in [0.1, 0.15) is 5.56 Å². The van der Waals surface area contributed by atoms with Crippen molar-refractivity contribution in [2.24, 2.45) is 0 Å². The molecule has 1 aliphatic rings. The number of benzene rings is 1. The lowest BCUT2D eigenvalue weighted by Crippen LogP contribution is -2.29. The van der Waals surface area contributed by atoms with Crippen LogP contribution in [0.3, 0.4) is 0 Å². The summed E-state index contributed by atoms with van der Waals surface area (Å²) in [6.45, 7) is 0. The molecule has 2 heterocycles. The minimum Gasteiger partial charge on any atom is -0.464 e. The van der Waals surface area contributed by atoms with Gasteiger partial charge in [0.1, 0.15) is 11.5 Å². The minimum absolute atomic E-state index is 0.393. The Hall–Kier alpha value is -2.43. The van der Waals surface area contributed by atoms with Crippen molar-refractivity contribution in [3.05, 3.63) is 35.5 Å². The molecule has 3 N–H and O–H groups in total. The molecule has 3 rings (SSSR count). The highest BCUT2D eigenvalue weighted by Gasteiger charge is 2.18. The largest absolute Gasteiger partial charge is 0.464 e. The molecule has 2 aromatic rings. The fourth-order valence-corrected chi connectivity index (χ4v) is 1.94. The van der Waals surface area contributed by atoms with Crippen molar-refractivity contribution in [1.82, 2.24) is 10.4 Å². The van der Waals surface area contributed by atoms with Gasteiger partial charge in [0.25, 0.3) is 0 Å². The maximum Gasteiger partial charge on any atom is 0.355 e. The molecule has 0 saturated carbocycles. The zero-order chi connectivity index (χ0) is 11.8. The van der Waals surface area contributed by atoms with Crippen LogP contribution in [-0.2, 0) is 9.53 Å². The second-order valence-electron chi connectivity index (χ2n) is 3.76. The first-order chi connectivity index (χ1) is 8.29. The van der Waals surface area contributed by atoms with Crippen LogP contribution in [-0.4, -0.2) is 18.1 Å². The Labute approximate surface area is 97.4 Å². The zero-order valence-electron chi connectivity index (χ0n) is 9.20. The molecule has 0 aliphatic carbocycles. The summed E-state index contributed by atoms with van der Waals surface area (Å²) in [6, 6.07) is 7.91. The Kier molecular flexibility index (Phi) is 2.04. The van der Waals surface area contributed by atoms with Crippen LogP contribution >= 0.6 is 0 Å². The molecule has 86 valence electrons. The van der Waals surface area contributed by atoms with Crippen molar-refractivity contribution >= 4 is 28.8 Å². The quantitative estimate of drug-likeness (QED) is 0.650. The molecule has 0 fully saturated rings. The summed E-state index contributed by atoms with van der Waals surface area (Å²) in [7, 11) is 1.36. The first-order valence-corrected chi connectivity index (χ1v) is 5.22. The van der Waals surface area contributed by atoms with Crippen LogP contribution < -0.4 is 10.9 Å². The van der Waals surface area contributed by atoms with Gasteiger partial charge in [-0.25, -0.2) is 4.79 Å². The van der Waals surface area contributed by atoms with Gasteiger partial charge in [-0.3, -0.25) is 10.9 Å². The molecule has 0 spiro atoms. The SMILES string of the molecule is COC(=O)C1=Cc2c([nH]c3ccccc23)NN1. The van der Waals surface area contributed by atoms with E-state index >= 15 is 0 Å². The monoisotopic (exact) mass is 229 g/mol. The molecule has 0 amide bonds. The van der Waals surface area contributed by atoms with Crippen LogP contribution in [0.4, 0.5) is 5.82 Å². The highest BCUT2D eigenvalue weighted by molar-refractivity contribution is 6.02. The third-order valence-electron chi connectivity index (χ3n) is 2.76. The number of ether oxygens (including phenoxy) is 1. The van der Waals surface area contributed by atoms with Gasteiger partial charge in [-0.2, -0.15) is 0 Å². The summed E-state index contributed by atoms with van der Waals surface area (Å²) in [5, 5.41) is 1.07. The molecule has 1 aromatic heterocycles. The second kappa shape index (κ2) is 3.55. The van der Waals surface area contributed by atoms with Crippen LogP contribution in [0.2, 0.25) is 0 Å². The van der Waals surface area contributed by atoms with Gasteiger partial charge in [-0.15, -0.1) is 0 Å².